The Morgan fingerprint density at radius 2 is 1.87 bits per heavy atom. The first-order valence-electron chi connectivity index (χ1n) is 8.29. The summed E-state index contributed by atoms with van der Waals surface area (Å²) < 4.78 is 5.16. The van der Waals surface area contributed by atoms with Crippen LogP contribution in [0, 0.1) is 0 Å². The summed E-state index contributed by atoms with van der Waals surface area (Å²) in [6.45, 7) is 4.24. The summed E-state index contributed by atoms with van der Waals surface area (Å²) in [5.74, 6) is 0.869. The van der Waals surface area contributed by atoms with Gasteiger partial charge in [0.15, 0.2) is 0 Å². The van der Waals surface area contributed by atoms with Crippen molar-refractivity contribution in [2.45, 2.75) is 57.7 Å². The van der Waals surface area contributed by atoms with E-state index >= 15 is 0 Å². The predicted molar refractivity (Wildman–Crippen MR) is 88.6 cm³/mol. The van der Waals surface area contributed by atoms with E-state index in [1.807, 2.05) is 29.2 Å². The van der Waals surface area contributed by atoms with Gasteiger partial charge in [0.05, 0.1) is 12.8 Å². The van der Waals surface area contributed by atoms with Crippen molar-refractivity contribution in [3.8, 4) is 5.75 Å². The minimum atomic E-state index is -0.491. The monoisotopic (exact) mass is 316 g/mol. The molecule has 0 spiro atoms. The van der Waals surface area contributed by atoms with Crippen molar-refractivity contribution in [3.05, 3.63) is 29.8 Å². The molecular formula is C18H24N2O3. The van der Waals surface area contributed by atoms with E-state index < -0.39 is 6.10 Å². The SMILES string of the molecule is COc1ccc(C2=NOC(C(=O)N3C(C)CCCC3C)C2)cc1. The number of amides is 1. The van der Waals surface area contributed by atoms with Crippen LogP contribution in [0.2, 0.25) is 0 Å². The molecule has 0 saturated carbocycles. The first-order valence-corrected chi connectivity index (χ1v) is 8.29. The number of carbonyl (C=O) groups is 1. The molecule has 1 aromatic rings. The largest absolute Gasteiger partial charge is 0.497 e. The lowest BCUT2D eigenvalue weighted by atomic mass is 9.96. The third-order valence-electron chi connectivity index (χ3n) is 4.82. The molecule has 0 N–H and O–H groups in total. The van der Waals surface area contributed by atoms with Gasteiger partial charge in [-0.05, 0) is 62.9 Å². The molecule has 1 aromatic carbocycles. The van der Waals surface area contributed by atoms with Gasteiger partial charge in [0, 0.05) is 18.5 Å². The molecule has 124 valence electrons. The maximum absolute atomic E-state index is 12.8. The Kier molecular flexibility index (Phi) is 4.55. The molecule has 0 radical (unpaired) electrons. The predicted octanol–water partition coefficient (Wildman–Crippen LogP) is 2.98. The Morgan fingerprint density at radius 1 is 1.22 bits per heavy atom. The number of methoxy groups -OCH3 is 1. The normalized spacial score (nSPS) is 27.3. The Bertz CT molecular complexity index is 587. The fourth-order valence-corrected chi connectivity index (χ4v) is 3.49. The smallest absolute Gasteiger partial charge is 0.267 e. The van der Waals surface area contributed by atoms with E-state index in [4.69, 9.17) is 9.57 Å². The van der Waals surface area contributed by atoms with E-state index in [-0.39, 0.29) is 18.0 Å². The number of nitrogens with zero attached hydrogens (tertiary/aromatic N) is 2. The average Bonchev–Trinajstić information content (AvgIpc) is 3.04. The van der Waals surface area contributed by atoms with Gasteiger partial charge in [-0.2, -0.15) is 0 Å². The zero-order chi connectivity index (χ0) is 16.4. The number of oxime groups is 1. The van der Waals surface area contributed by atoms with Crippen molar-refractivity contribution in [1.29, 1.82) is 0 Å². The Balaban J connectivity index is 1.67. The first kappa shape index (κ1) is 15.8. The highest BCUT2D eigenvalue weighted by molar-refractivity contribution is 6.04. The number of ether oxygens (including phenoxy) is 1. The zero-order valence-electron chi connectivity index (χ0n) is 14.0. The number of rotatable bonds is 3. The van der Waals surface area contributed by atoms with E-state index in [2.05, 4.69) is 19.0 Å². The topological polar surface area (TPSA) is 51.1 Å². The van der Waals surface area contributed by atoms with Crippen molar-refractivity contribution in [3.63, 3.8) is 0 Å². The Morgan fingerprint density at radius 3 is 2.48 bits per heavy atom. The quantitative estimate of drug-likeness (QED) is 0.861. The number of likely N-dealkylation sites (tertiary alicyclic amines) is 1. The van der Waals surface area contributed by atoms with Crippen LogP contribution in [-0.2, 0) is 9.63 Å². The van der Waals surface area contributed by atoms with E-state index in [1.54, 1.807) is 7.11 Å². The van der Waals surface area contributed by atoms with Crippen LogP contribution in [0.4, 0.5) is 0 Å². The molecule has 5 heteroatoms. The summed E-state index contributed by atoms with van der Waals surface area (Å²) in [4.78, 5) is 20.2. The summed E-state index contributed by atoms with van der Waals surface area (Å²) in [7, 11) is 1.64. The molecule has 1 amide bonds. The van der Waals surface area contributed by atoms with Crippen molar-refractivity contribution in [2.75, 3.05) is 7.11 Å². The number of benzene rings is 1. The maximum Gasteiger partial charge on any atom is 0.267 e. The first-order chi connectivity index (χ1) is 11.1. The molecule has 2 heterocycles. The Hall–Kier alpha value is -2.04. The summed E-state index contributed by atoms with van der Waals surface area (Å²) in [5.41, 5.74) is 1.80. The molecule has 1 saturated heterocycles. The fraction of sp³-hybridized carbons (Fsp3) is 0.556. The summed E-state index contributed by atoms with van der Waals surface area (Å²) >= 11 is 0. The van der Waals surface area contributed by atoms with Gasteiger partial charge in [-0.3, -0.25) is 4.79 Å². The van der Waals surface area contributed by atoms with Crippen LogP contribution in [0.5, 0.6) is 5.75 Å². The van der Waals surface area contributed by atoms with E-state index in [0.29, 0.717) is 6.42 Å². The number of carbonyl (C=O) groups excluding carboxylic acids is 1. The molecule has 0 bridgehead atoms. The van der Waals surface area contributed by atoms with Gasteiger partial charge in [0.25, 0.3) is 5.91 Å². The van der Waals surface area contributed by atoms with E-state index in [1.165, 1.54) is 6.42 Å². The molecule has 3 rings (SSSR count). The third-order valence-corrected chi connectivity index (χ3v) is 4.82. The van der Waals surface area contributed by atoms with Crippen LogP contribution >= 0.6 is 0 Å². The highest BCUT2D eigenvalue weighted by atomic mass is 16.6. The zero-order valence-corrected chi connectivity index (χ0v) is 14.0. The van der Waals surface area contributed by atoms with Crippen molar-refractivity contribution < 1.29 is 14.4 Å². The van der Waals surface area contributed by atoms with Crippen LogP contribution in [0.25, 0.3) is 0 Å². The highest BCUT2D eigenvalue weighted by Crippen LogP contribution is 2.27. The molecule has 3 unspecified atom stereocenters. The number of piperidine rings is 1. The lowest BCUT2D eigenvalue weighted by Gasteiger charge is -2.39. The second-order valence-corrected chi connectivity index (χ2v) is 6.44. The molecular weight excluding hydrogens is 292 g/mol. The number of hydrogen-bond donors (Lipinski definition) is 0. The molecule has 23 heavy (non-hydrogen) atoms. The van der Waals surface area contributed by atoms with E-state index in [0.717, 1.165) is 29.9 Å². The maximum atomic E-state index is 12.8. The van der Waals surface area contributed by atoms with Crippen LogP contribution in [0.1, 0.15) is 45.1 Å². The number of hydrogen-bond acceptors (Lipinski definition) is 4. The summed E-state index contributed by atoms with van der Waals surface area (Å²) in [5, 5.41) is 4.14. The van der Waals surface area contributed by atoms with Crippen LogP contribution < -0.4 is 4.74 Å². The minimum absolute atomic E-state index is 0.0666. The molecule has 0 aromatic heterocycles. The van der Waals surface area contributed by atoms with Crippen molar-refractivity contribution in [2.24, 2.45) is 5.16 Å². The standard InChI is InChI=1S/C18H24N2O3/c1-12-5-4-6-13(2)20(12)18(21)17-11-16(19-23-17)14-7-9-15(22-3)10-8-14/h7-10,12-13,17H,4-6,11H2,1-3H3. The van der Waals surface area contributed by atoms with Crippen LogP contribution in [0.3, 0.4) is 0 Å². The second kappa shape index (κ2) is 6.60. The van der Waals surface area contributed by atoms with Gasteiger partial charge in [0.1, 0.15) is 5.75 Å². The van der Waals surface area contributed by atoms with E-state index in [9.17, 15) is 4.79 Å². The molecule has 2 aliphatic heterocycles. The average molecular weight is 316 g/mol. The van der Waals surface area contributed by atoms with Crippen LogP contribution in [0.15, 0.2) is 29.4 Å². The van der Waals surface area contributed by atoms with Gasteiger partial charge < -0.3 is 14.5 Å². The minimum Gasteiger partial charge on any atom is -0.497 e. The third kappa shape index (κ3) is 3.19. The second-order valence-electron chi connectivity index (χ2n) is 6.44. The van der Waals surface area contributed by atoms with Gasteiger partial charge in [-0.25, -0.2) is 0 Å². The molecule has 1 fully saturated rings. The Labute approximate surface area is 137 Å². The van der Waals surface area contributed by atoms with Gasteiger partial charge in [-0.15, -0.1) is 0 Å². The molecule has 5 nitrogen and oxygen atoms in total. The lowest BCUT2D eigenvalue weighted by Crippen LogP contribution is -2.51. The molecule has 0 aliphatic carbocycles. The summed E-state index contributed by atoms with van der Waals surface area (Å²) in [6.07, 6.45) is 3.35. The molecule has 3 atom stereocenters. The van der Waals surface area contributed by atoms with Gasteiger partial charge in [0.2, 0.25) is 6.10 Å². The van der Waals surface area contributed by atoms with Crippen molar-refractivity contribution in [1.82, 2.24) is 4.90 Å². The molecule has 2 aliphatic rings. The van der Waals surface area contributed by atoms with Crippen LogP contribution in [-0.4, -0.2) is 41.8 Å². The fourth-order valence-electron chi connectivity index (χ4n) is 3.49. The lowest BCUT2D eigenvalue weighted by molar-refractivity contribution is -0.148. The summed E-state index contributed by atoms with van der Waals surface area (Å²) in [6, 6.07) is 8.23. The highest BCUT2D eigenvalue weighted by Gasteiger charge is 2.37. The van der Waals surface area contributed by atoms with Gasteiger partial charge >= 0.3 is 0 Å². The van der Waals surface area contributed by atoms with Crippen molar-refractivity contribution >= 4 is 11.6 Å². The van der Waals surface area contributed by atoms with Gasteiger partial charge in [-0.1, -0.05) is 5.16 Å².